The van der Waals surface area contributed by atoms with Crippen LogP contribution >= 0.6 is 0 Å². The molecule has 0 fully saturated rings. The van der Waals surface area contributed by atoms with Gasteiger partial charge in [-0.1, -0.05) is 30.3 Å². The minimum absolute atomic E-state index is 0.229. The molecule has 4 nitrogen and oxygen atoms in total. The van der Waals surface area contributed by atoms with E-state index in [9.17, 15) is 5.11 Å². The van der Waals surface area contributed by atoms with Gasteiger partial charge in [-0.2, -0.15) is 0 Å². The Morgan fingerprint density at radius 1 is 1.04 bits per heavy atom. The molecule has 1 unspecified atom stereocenters. The minimum Gasteiger partial charge on any atom is -0.508 e. The van der Waals surface area contributed by atoms with Gasteiger partial charge in [-0.15, -0.1) is 0 Å². The first-order valence-corrected chi connectivity index (χ1v) is 8.77. The van der Waals surface area contributed by atoms with Gasteiger partial charge in [0.15, 0.2) is 0 Å². The summed E-state index contributed by atoms with van der Waals surface area (Å²) >= 11 is 0. The van der Waals surface area contributed by atoms with Crippen molar-refractivity contribution in [3.05, 3.63) is 60.2 Å². The van der Waals surface area contributed by atoms with Crippen LogP contribution in [0.1, 0.15) is 19.4 Å². The number of phenolic OH excluding ortho intramolecular Hbond substituents is 1. The molecule has 130 valence electrons. The van der Waals surface area contributed by atoms with E-state index in [0.717, 1.165) is 27.9 Å². The summed E-state index contributed by atoms with van der Waals surface area (Å²) in [7, 11) is 2.05. The predicted molar refractivity (Wildman–Crippen MR) is 105 cm³/mol. The highest BCUT2D eigenvalue weighted by atomic mass is 16.5. The van der Waals surface area contributed by atoms with E-state index in [1.54, 1.807) is 12.1 Å². The second-order valence-electron chi connectivity index (χ2n) is 7.58. The van der Waals surface area contributed by atoms with Gasteiger partial charge in [-0.3, -0.25) is 4.99 Å². The molecule has 1 spiro atoms. The third-order valence-electron chi connectivity index (χ3n) is 5.91. The number of anilines is 1. The van der Waals surface area contributed by atoms with E-state index in [2.05, 4.69) is 50.1 Å². The molecule has 1 atom stereocenters. The molecular formula is C22H20N2O2. The number of para-hydroxylation sites is 1. The summed E-state index contributed by atoms with van der Waals surface area (Å²) in [5, 5.41) is 11.8. The van der Waals surface area contributed by atoms with Crippen LogP contribution < -0.4 is 9.64 Å². The van der Waals surface area contributed by atoms with Crippen LogP contribution in [0.25, 0.3) is 10.8 Å². The summed E-state index contributed by atoms with van der Waals surface area (Å²) < 4.78 is 6.63. The number of rotatable bonds is 0. The van der Waals surface area contributed by atoms with Crippen molar-refractivity contribution in [2.24, 2.45) is 4.99 Å². The normalized spacial score (nSPS) is 22.3. The van der Waals surface area contributed by atoms with Crippen LogP contribution in [0, 0.1) is 0 Å². The van der Waals surface area contributed by atoms with Crippen molar-refractivity contribution < 1.29 is 9.84 Å². The molecule has 2 aliphatic heterocycles. The zero-order chi connectivity index (χ0) is 18.1. The van der Waals surface area contributed by atoms with E-state index in [-0.39, 0.29) is 11.2 Å². The molecule has 0 aliphatic carbocycles. The van der Waals surface area contributed by atoms with E-state index in [4.69, 9.17) is 9.73 Å². The molecule has 0 bridgehead atoms. The minimum atomic E-state index is -0.686. The Bertz CT molecular complexity index is 1090. The van der Waals surface area contributed by atoms with Crippen molar-refractivity contribution in [1.29, 1.82) is 0 Å². The predicted octanol–water partition coefficient (Wildman–Crippen LogP) is 4.76. The van der Waals surface area contributed by atoms with E-state index >= 15 is 0 Å². The number of fused-ring (bicyclic) bond motifs is 4. The molecule has 1 N–H and O–H groups in total. The van der Waals surface area contributed by atoms with Crippen molar-refractivity contribution in [3.63, 3.8) is 0 Å². The number of benzene rings is 3. The van der Waals surface area contributed by atoms with Gasteiger partial charge in [-0.05, 0) is 49.1 Å². The summed E-state index contributed by atoms with van der Waals surface area (Å²) in [4.78, 5) is 6.99. The summed E-state index contributed by atoms with van der Waals surface area (Å²) in [6.07, 6.45) is 1.92. The monoisotopic (exact) mass is 344 g/mol. The first-order chi connectivity index (χ1) is 12.4. The highest BCUT2D eigenvalue weighted by molar-refractivity contribution is 6.00. The van der Waals surface area contributed by atoms with Gasteiger partial charge < -0.3 is 14.7 Å². The number of hydrogen-bond acceptors (Lipinski definition) is 4. The first-order valence-electron chi connectivity index (χ1n) is 8.77. The Kier molecular flexibility index (Phi) is 2.81. The summed E-state index contributed by atoms with van der Waals surface area (Å²) in [5.41, 5.74) is 2.22. The topological polar surface area (TPSA) is 45.1 Å². The number of nitrogens with zero attached hydrogens (tertiary/aromatic N) is 2. The Hall–Kier alpha value is -3.01. The third-order valence-corrected chi connectivity index (χ3v) is 5.91. The highest BCUT2D eigenvalue weighted by Gasteiger charge is 2.58. The number of hydrogen-bond donors (Lipinski definition) is 1. The van der Waals surface area contributed by atoms with Gasteiger partial charge in [0.2, 0.25) is 5.72 Å². The summed E-state index contributed by atoms with van der Waals surface area (Å²) in [6, 6.07) is 17.7. The first kappa shape index (κ1) is 15.3. The maximum absolute atomic E-state index is 9.88. The second kappa shape index (κ2) is 4.79. The van der Waals surface area contributed by atoms with Crippen LogP contribution in [0.4, 0.5) is 11.4 Å². The van der Waals surface area contributed by atoms with E-state index in [1.165, 1.54) is 5.56 Å². The molecule has 26 heavy (non-hydrogen) atoms. The Morgan fingerprint density at radius 3 is 2.62 bits per heavy atom. The van der Waals surface area contributed by atoms with Crippen molar-refractivity contribution in [3.8, 4) is 11.5 Å². The molecule has 5 rings (SSSR count). The van der Waals surface area contributed by atoms with Gasteiger partial charge in [0, 0.05) is 18.1 Å². The number of phenols is 1. The molecule has 4 heteroatoms. The Balaban J connectivity index is 1.72. The molecule has 3 aromatic carbocycles. The van der Waals surface area contributed by atoms with Gasteiger partial charge >= 0.3 is 0 Å². The van der Waals surface area contributed by atoms with E-state index in [0.29, 0.717) is 0 Å². The molecule has 3 aromatic rings. The molecule has 0 saturated carbocycles. The van der Waals surface area contributed by atoms with Crippen LogP contribution in [-0.4, -0.2) is 24.1 Å². The lowest BCUT2D eigenvalue weighted by atomic mass is 9.77. The summed E-state index contributed by atoms with van der Waals surface area (Å²) in [5.74, 6) is 0.963. The molecular weight excluding hydrogens is 324 g/mol. The smallest absolute Gasteiger partial charge is 0.228 e. The summed E-state index contributed by atoms with van der Waals surface area (Å²) in [6.45, 7) is 4.39. The fourth-order valence-electron chi connectivity index (χ4n) is 4.36. The largest absolute Gasteiger partial charge is 0.508 e. The van der Waals surface area contributed by atoms with Gasteiger partial charge in [0.05, 0.1) is 11.6 Å². The number of ether oxygens (including phenoxy) is 1. The second-order valence-corrected chi connectivity index (χ2v) is 7.58. The average Bonchev–Trinajstić information content (AvgIpc) is 2.80. The maximum atomic E-state index is 9.88. The highest BCUT2D eigenvalue weighted by Crippen LogP contribution is 2.54. The van der Waals surface area contributed by atoms with Gasteiger partial charge in [0.1, 0.15) is 17.2 Å². The zero-order valence-corrected chi connectivity index (χ0v) is 15.0. The zero-order valence-electron chi connectivity index (χ0n) is 15.0. The molecule has 2 heterocycles. The standard InChI is InChI=1S/C22H20N2O2/c1-21(2)17-6-4-5-7-18(17)24(3)22(21)13-23-20-16-12-15(25)10-8-14(16)9-11-19(20)26-22/h4-13,25H,1-3H3. The molecule has 2 aliphatic rings. The SMILES string of the molecule is CN1c2ccccc2C(C)(C)C12C=Nc1c(ccc3ccc(O)cc13)O2. The third kappa shape index (κ3) is 1.71. The molecule has 0 saturated heterocycles. The lowest BCUT2D eigenvalue weighted by Gasteiger charge is -2.45. The van der Waals surface area contributed by atoms with Crippen molar-refractivity contribution in [2.75, 3.05) is 11.9 Å². The average molecular weight is 344 g/mol. The van der Waals surface area contributed by atoms with Crippen LogP contribution in [0.3, 0.4) is 0 Å². The van der Waals surface area contributed by atoms with Crippen LogP contribution in [0.5, 0.6) is 11.5 Å². The Labute approximate surface area is 152 Å². The quantitative estimate of drug-likeness (QED) is 0.639. The van der Waals surface area contributed by atoms with Crippen molar-refractivity contribution >= 4 is 28.4 Å². The lowest BCUT2D eigenvalue weighted by molar-refractivity contribution is 0.0826. The maximum Gasteiger partial charge on any atom is 0.228 e. The molecule has 0 amide bonds. The Morgan fingerprint density at radius 2 is 1.81 bits per heavy atom. The number of aliphatic imine (C=N–C) groups is 1. The fraction of sp³-hybridized carbons (Fsp3) is 0.227. The van der Waals surface area contributed by atoms with Crippen molar-refractivity contribution in [1.82, 2.24) is 0 Å². The fourth-order valence-corrected chi connectivity index (χ4v) is 4.36. The number of aromatic hydroxyl groups is 1. The van der Waals surface area contributed by atoms with E-state index in [1.807, 2.05) is 24.4 Å². The number of likely N-dealkylation sites (N-methyl/N-ethyl adjacent to an activating group) is 1. The van der Waals surface area contributed by atoms with Gasteiger partial charge in [-0.25, -0.2) is 0 Å². The van der Waals surface area contributed by atoms with Gasteiger partial charge in [0.25, 0.3) is 0 Å². The molecule has 0 radical (unpaired) electrons. The van der Waals surface area contributed by atoms with Crippen LogP contribution in [-0.2, 0) is 5.41 Å². The van der Waals surface area contributed by atoms with Crippen LogP contribution in [0.2, 0.25) is 0 Å². The molecule has 0 aromatic heterocycles. The van der Waals surface area contributed by atoms with Crippen molar-refractivity contribution in [2.45, 2.75) is 25.0 Å². The lowest BCUT2D eigenvalue weighted by Crippen LogP contribution is -2.61. The van der Waals surface area contributed by atoms with E-state index < -0.39 is 5.72 Å². The van der Waals surface area contributed by atoms with Crippen LogP contribution in [0.15, 0.2) is 59.6 Å².